The number of hydrogen-bond donors (Lipinski definition) is 0. The average Bonchev–Trinajstić information content (AvgIpc) is 3.11. The normalized spacial score (nSPS) is 18.2. The second-order valence-electron chi connectivity index (χ2n) is 6.09. The fraction of sp³-hybridized carbons (Fsp3) is 0.500. The van der Waals surface area contributed by atoms with Crippen LogP contribution in [0, 0.1) is 0 Å². The third-order valence-corrected chi connectivity index (χ3v) is 4.17. The second kappa shape index (κ2) is 6.45. The van der Waals surface area contributed by atoms with E-state index in [1.165, 1.54) is 12.3 Å². The lowest BCUT2D eigenvalue weighted by Crippen LogP contribution is -2.19. The molecule has 25 heavy (non-hydrogen) atoms. The van der Waals surface area contributed by atoms with Gasteiger partial charge in [-0.2, -0.15) is 13.2 Å². The van der Waals surface area contributed by atoms with Crippen LogP contribution in [0.15, 0.2) is 18.3 Å². The fourth-order valence-corrected chi connectivity index (χ4v) is 2.98. The number of likely N-dealkylation sites (N-methyl/N-ethyl adjacent to an activating group) is 1. The maximum absolute atomic E-state index is 13.2. The molecule has 1 aliphatic rings. The molecule has 2 aromatic heterocycles. The Morgan fingerprint density at radius 2 is 2.12 bits per heavy atom. The van der Waals surface area contributed by atoms with Crippen LogP contribution in [0.4, 0.5) is 13.2 Å². The van der Waals surface area contributed by atoms with E-state index >= 15 is 0 Å². The van der Waals surface area contributed by atoms with E-state index in [1.54, 1.807) is 16.6 Å². The van der Waals surface area contributed by atoms with Crippen molar-refractivity contribution in [3.8, 4) is 11.5 Å². The topological polar surface area (TPSA) is 63.9 Å². The summed E-state index contributed by atoms with van der Waals surface area (Å²) in [6, 6.07) is 2.20. The van der Waals surface area contributed by atoms with Crippen molar-refractivity contribution in [1.82, 2.24) is 24.6 Å². The van der Waals surface area contributed by atoms with E-state index in [9.17, 15) is 18.0 Å². The highest BCUT2D eigenvalue weighted by molar-refractivity contribution is 5.79. The van der Waals surface area contributed by atoms with E-state index in [2.05, 4.69) is 15.1 Å². The van der Waals surface area contributed by atoms with Crippen LogP contribution in [-0.2, 0) is 17.5 Å². The van der Waals surface area contributed by atoms with Crippen molar-refractivity contribution in [2.75, 3.05) is 13.6 Å². The monoisotopic (exact) mass is 353 g/mol. The lowest BCUT2D eigenvalue weighted by molar-refractivity contribution is -0.137. The minimum Gasteiger partial charge on any atom is -0.345 e. The number of carbonyl (C=O) groups is 1. The third-order valence-electron chi connectivity index (χ3n) is 4.17. The highest BCUT2D eigenvalue weighted by Gasteiger charge is 2.37. The Balaban J connectivity index is 2.05. The Morgan fingerprint density at radius 1 is 1.36 bits per heavy atom. The van der Waals surface area contributed by atoms with Gasteiger partial charge >= 0.3 is 6.18 Å². The predicted octanol–water partition coefficient (Wildman–Crippen LogP) is 2.71. The third kappa shape index (κ3) is 3.35. The summed E-state index contributed by atoms with van der Waals surface area (Å²) < 4.78 is 41.3. The summed E-state index contributed by atoms with van der Waals surface area (Å²) in [4.78, 5) is 21.6. The van der Waals surface area contributed by atoms with Crippen LogP contribution in [0.2, 0.25) is 0 Å². The number of likely N-dealkylation sites (tertiary alicyclic amines) is 1. The molecule has 1 amide bonds. The average molecular weight is 353 g/mol. The summed E-state index contributed by atoms with van der Waals surface area (Å²) in [6.07, 6.45) is -2.21. The Hall–Kier alpha value is -2.45. The number of halogens is 3. The van der Waals surface area contributed by atoms with E-state index in [1.807, 2.05) is 6.92 Å². The number of aryl methyl sites for hydroxylation is 1. The van der Waals surface area contributed by atoms with Crippen molar-refractivity contribution < 1.29 is 18.0 Å². The van der Waals surface area contributed by atoms with Crippen LogP contribution in [0.1, 0.15) is 37.1 Å². The van der Waals surface area contributed by atoms with Crippen LogP contribution in [-0.4, -0.2) is 44.1 Å². The van der Waals surface area contributed by atoms with E-state index in [0.29, 0.717) is 18.9 Å². The molecular formula is C16H18F3N5O. The van der Waals surface area contributed by atoms with Crippen LogP contribution in [0.5, 0.6) is 0 Å². The quantitative estimate of drug-likeness (QED) is 0.848. The molecule has 1 aliphatic heterocycles. The zero-order chi connectivity index (χ0) is 18.2. The van der Waals surface area contributed by atoms with Crippen molar-refractivity contribution in [2.45, 2.75) is 38.4 Å². The first-order valence-corrected chi connectivity index (χ1v) is 8.02. The molecule has 1 saturated heterocycles. The number of amides is 1. The van der Waals surface area contributed by atoms with Gasteiger partial charge in [-0.05, 0) is 18.6 Å². The first-order valence-electron chi connectivity index (χ1n) is 8.02. The molecule has 134 valence electrons. The van der Waals surface area contributed by atoms with Gasteiger partial charge in [0.05, 0.1) is 5.56 Å². The molecule has 3 rings (SSSR count). The molecule has 6 nitrogen and oxygen atoms in total. The number of alkyl halides is 3. The molecule has 0 N–H and O–H groups in total. The number of pyridine rings is 1. The van der Waals surface area contributed by atoms with Crippen molar-refractivity contribution in [2.24, 2.45) is 0 Å². The number of aromatic nitrogens is 4. The molecule has 1 fully saturated rings. The lowest BCUT2D eigenvalue weighted by Gasteiger charge is -2.10. The van der Waals surface area contributed by atoms with Gasteiger partial charge in [0.15, 0.2) is 0 Å². The molecule has 0 saturated carbocycles. The summed E-state index contributed by atoms with van der Waals surface area (Å²) >= 11 is 0. The molecule has 0 aromatic carbocycles. The standard InChI is InChI=1S/C16H18F3N5O/c1-3-7-24-15(10-8-12(25)23(2)9-10)21-14(22-24)13-11(16(17,18)19)5-4-6-20-13/h4-6,10H,3,7-9H2,1-2H3. The Labute approximate surface area is 142 Å². The minimum absolute atomic E-state index is 0.00795. The summed E-state index contributed by atoms with van der Waals surface area (Å²) in [7, 11) is 1.70. The number of rotatable bonds is 4. The summed E-state index contributed by atoms with van der Waals surface area (Å²) in [6.45, 7) is 2.94. The van der Waals surface area contributed by atoms with Crippen LogP contribution < -0.4 is 0 Å². The van der Waals surface area contributed by atoms with Crippen molar-refractivity contribution in [1.29, 1.82) is 0 Å². The van der Waals surface area contributed by atoms with E-state index < -0.39 is 11.7 Å². The van der Waals surface area contributed by atoms with Crippen molar-refractivity contribution >= 4 is 5.91 Å². The first kappa shape index (κ1) is 17.4. The van der Waals surface area contributed by atoms with Gasteiger partial charge in [-0.25, -0.2) is 9.67 Å². The van der Waals surface area contributed by atoms with Crippen LogP contribution in [0.3, 0.4) is 0 Å². The Morgan fingerprint density at radius 3 is 2.72 bits per heavy atom. The Kier molecular flexibility index (Phi) is 4.49. The predicted molar refractivity (Wildman–Crippen MR) is 83.5 cm³/mol. The lowest BCUT2D eigenvalue weighted by atomic mass is 10.1. The maximum Gasteiger partial charge on any atom is 0.418 e. The smallest absolute Gasteiger partial charge is 0.345 e. The largest absolute Gasteiger partial charge is 0.418 e. The summed E-state index contributed by atoms with van der Waals surface area (Å²) in [5.74, 6) is 0.293. The van der Waals surface area contributed by atoms with Crippen LogP contribution >= 0.6 is 0 Å². The molecule has 2 aromatic rings. The van der Waals surface area contributed by atoms with E-state index in [-0.39, 0.29) is 29.8 Å². The highest BCUT2D eigenvalue weighted by atomic mass is 19.4. The number of nitrogens with zero attached hydrogens (tertiary/aromatic N) is 5. The first-order chi connectivity index (χ1) is 11.8. The van der Waals surface area contributed by atoms with Gasteiger partial charge in [0.25, 0.3) is 0 Å². The molecule has 0 aliphatic carbocycles. The summed E-state index contributed by atoms with van der Waals surface area (Å²) in [5.41, 5.74) is -1.15. The molecular weight excluding hydrogens is 335 g/mol. The van der Waals surface area contributed by atoms with Gasteiger partial charge in [-0.1, -0.05) is 6.92 Å². The number of hydrogen-bond acceptors (Lipinski definition) is 4. The van der Waals surface area contributed by atoms with Crippen LogP contribution in [0.25, 0.3) is 11.5 Å². The Bertz CT molecular complexity index is 786. The molecule has 0 radical (unpaired) electrons. The van der Waals surface area contributed by atoms with E-state index in [4.69, 9.17) is 0 Å². The maximum atomic E-state index is 13.2. The van der Waals surface area contributed by atoms with Gasteiger partial charge in [-0.15, -0.1) is 5.10 Å². The molecule has 1 unspecified atom stereocenters. The second-order valence-corrected chi connectivity index (χ2v) is 6.09. The van der Waals surface area contributed by atoms with Gasteiger partial charge < -0.3 is 4.90 Å². The zero-order valence-corrected chi connectivity index (χ0v) is 13.9. The van der Waals surface area contributed by atoms with Gasteiger partial charge in [0, 0.05) is 38.7 Å². The summed E-state index contributed by atoms with van der Waals surface area (Å²) in [5, 5.41) is 4.25. The molecule has 9 heteroatoms. The number of carbonyl (C=O) groups excluding carboxylic acids is 1. The van der Waals surface area contributed by atoms with Gasteiger partial charge in [-0.3, -0.25) is 9.78 Å². The fourth-order valence-electron chi connectivity index (χ4n) is 2.98. The molecule has 3 heterocycles. The highest BCUT2D eigenvalue weighted by Crippen LogP contribution is 2.35. The van der Waals surface area contributed by atoms with E-state index in [0.717, 1.165) is 12.5 Å². The molecule has 0 bridgehead atoms. The minimum atomic E-state index is -4.54. The molecule has 0 spiro atoms. The SMILES string of the molecule is CCCn1nc(-c2ncccc2C(F)(F)F)nc1C1CC(=O)N(C)C1. The zero-order valence-electron chi connectivity index (χ0n) is 13.9. The van der Waals surface area contributed by atoms with Crippen molar-refractivity contribution in [3.05, 3.63) is 29.7 Å². The van der Waals surface area contributed by atoms with Gasteiger partial charge in [0.2, 0.25) is 11.7 Å². The van der Waals surface area contributed by atoms with Crippen molar-refractivity contribution in [3.63, 3.8) is 0 Å². The van der Waals surface area contributed by atoms with Gasteiger partial charge in [0.1, 0.15) is 11.5 Å². The molecule has 1 atom stereocenters.